The van der Waals surface area contributed by atoms with Crippen LogP contribution in [0.2, 0.25) is 0 Å². The van der Waals surface area contributed by atoms with E-state index in [4.69, 9.17) is 0 Å². The van der Waals surface area contributed by atoms with Crippen molar-refractivity contribution < 1.29 is 31.0 Å². The van der Waals surface area contributed by atoms with Crippen LogP contribution in [-0.2, 0) is 20.2 Å². The van der Waals surface area contributed by atoms with Crippen molar-refractivity contribution in [3.8, 4) is 5.75 Å². The van der Waals surface area contributed by atoms with Crippen LogP contribution in [0.25, 0.3) is 21.5 Å². The molecule has 4 rings (SSSR count). The van der Waals surface area contributed by atoms with Gasteiger partial charge in [-0.2, -0.15) is 18.6 Å². The summed E-state index contributed by atoms with van der Waals surface area (Å²) in [4.78, 5) is -1.61. The molecule has 4 aromatic carbocycles. The third-order valence-corrected chi connectivity index (χ3v) is 6.32. The van der Waals surface area contributed by atoms with E-state index < -0.39 is 41.2 Å². The minimum atomic E-state index is -5.03. The molecule has 158 valence electrons. The van der Waals surface area contributed by atoms with Gasteiger partial charge in [0.05, 0.1) is 16.3 Å². The van der Waals surface area contributed by atoms with Gasteiger partial charge in [0.2, 0.25) is 0 Å². The fraction of sp³-hybridized carbons (Fsp3) is 0. The van der Waals surface area contributed by atoms with E-state index in [0.29, 0.717) is 5.39 Å². The zero-order valence-corrected chi connectivity index (χ0v) is 22.2. The molecule has 0 heterocycles. The van der Waals surface area contributed by atoms with Crippen molar-refractivity contribution >= 4 is 102 Å². The van der Waals surface area contributed by atoms with Gasteiger partial charge >= 0.3 is 48.9 Å². The maximum Gasteiger partial charge on any atom is 2.00 e. The number of azo groups is 1. The molecular formula is C20H12BaN2O7S2. The molecule has 0 aromatic heterocycles. The molecule has 0 aliphatic carbocycles. The van der Waals surface area contributed by atoms with E-state index in [9.17, 15) is 31.0 Å². The van der Waals surface area contributed by atoms with Gasteiger partial charge in [0.1, 0.15) is 15.0 Å². The first-order chi connectivity index (χ1) is 14.6. The SMILES string of the molecule is O=S(=O)([O-])c1cccc2cc(N=Nc3c([O-])ccc4ccccc34)cc(S(=O)(=O)O)c12.[Ba+2]. The van der Waals surface area contributed by atoms with Gasteiger partial charge in [0.25, 0.3) is 10.1 Å². The van der Waals surface area contributed by atoms with Crippen molar-refractivity contribution in [3.05, 3.63) is 66.7 Å². The first-order valence-electron chi connectivity index (χ1n) is 8.66. The summed E-state index contributed by atoms with van der Waals surface area (Å²) in [6.45, 7) is 0. The number of hydrogen-bond donors (Lipinski definition) is 1. The van der Waals surface area contributed by atoms with Gasteiger partial charge in [-0.3, -0.25) is 4.55 Å². The second-order valence-electron chi connectivity index (χ2n) is 6.56. The Hall–Kier alpha value is -1.81. The summed E-state index contributed by atoms with van der Waals surface area (Å²) in [6, 6.07) is 15.7. The zero-order chi connectivity index (χ0) is 22.4. The van der Waals surface area contributed by atoms with Crippen LogP contribution in [0.1, 0.15) is 0 Å². The molecule has 0 aliphatic heterocycles. The van der Waals surface area contributed by atoms with E-state index >= 15 is 0 Å². The Labute approximate surface area is 223 Å². The van der Waals surface area contributed by atoms with Crippen LogP contribution in [0.15, 0.2) is 86.7 Å². The number of rotatable bonds is 4. The summed E-state index contributed by atoms with van der Waals surface area (Å²) in [7, 11) is -9.96. The standard InChI is InChI=1S/C20H14N2O7S2.Ba/c23-16-9-8-12-4-1-2-6-15(12)20(16)22-21-14-10-13-5-3-7-17(30(24,25)26)19(13)18(11-14)31(27,28)29;/h1-11,23H,(H,24,25,26)(H,27,28,29);/q;+2/p-2. The third-order valence-electron chi connectivity index (χ3n) is 4.56. The number of hydrogen-bond acceptors (Lipinski definition) is 8. The fourth-order valence-corrected chi connectivity index (χ4v) is 4.80. The normalized spacial score (nSPS) is 12.3. The topological polar surface area (TPSA) is 159 Å². The predicted molar refractivity (Wildman–Crippen MR) is 115 cm³/mol. The Bertz CT molecular complexity index is 1600. The van der Waals surface area contributed by atoms with Crippen LogP contribution >= 0.6 is 0 Å². The van der Waals surface area contributed by atoms with E-state index in [1.165, 1.54) is 24.3 Å². The van der Waals surface area contributed by atoms with E-state index in [2.05, 4.69) is 10.2 Å². The molecule has 0 amide bonds. The Balaban J connectivity index is 0.00000289. The molecular weight excluding hydrogens is 582 g/mol. The van der Waals surface area contributed by atoms with Crippen molar-refractivity contribution in [1.82, 2.24) is 0 Å². The summed E-state index contributed by atoms with van der Waals surface area (Å²) in [6.07, 6.45) is 0. The van der Waals surface area contributed by atoms with Gasteiger partial charge in [-0.25, -0.2) is 8.42 Å². The molecule has 1 N–H and O–H groups in total. The summed E-state index contributed by atoms with van der Waals surface area (Å²) in [5.41, 5.74) is -0.0459. The van der Waals surface area contributed by atoms with Crippen molar-refractivity contribution in [2.45, 2.75) is 9.79 Å². The van der Waals surface area contributed by atoms with Crippen LogP contribution in [0.3, 0.4) is 0 Å². The summed E-state index contributed by atoms with van der Waals surface area (Å²) in [5.74, 6) is -0.405. The molecule has 0 saturated carbocycles. The molecule has 12 heteroatoms. The second-order valence-corrected chi connectivity index (χ2v) is 9.30. The Morgan fingerprint density at radius 2 is 1.47 bits per heavy atom. The molecule has 0 bridgehead atoms. The van der Waals surface area contributed by atoms with Gasteiger partial charge in [-0.1, -0.05) is 54.3 Å². The maximum absolute atomic E-state index is 12.3. The predicted octanol–water partition coefficient (Wildman–Crippen LogP) is 3.25. The van der Waals surface area contributed by atoms with Crippen molar-refractivity contribution in [2.75, 3.05) is 0 Å². The Morgan fingerprint density at radius 1 is 0.781 bits per heavy atom. The maximum atomic E-state index is 12.3. The third kappa shape index (κ3) is 4.90. The van der Waals surface area contributed by atoms with Gasteiger partial charge in [0.15, 0.2) is 0 Å². The summed E-state index contributed by atoms with van der Waals surface area (Å²) < 4.78 is 68.2. The van der Waals surface area contributed by atoms with Gasteiger partial charge in [-0.15, -0.1) is 0 Å². The number of benzene rings is 4. The molecule has 4 aromatic rings. The zero-order valence-electron chi connectivity index (χ0n) is 16.2. The molecule has 0 aliphatic rings. The van der Waals surface area contributed by atoms with Crippen molar-refractivity contribution in [2.24, 2.45) is 10.2 Å². The Kier molecular flexibility index (Phi) is 7.14. The van der Waals surface area contributed by atoms with Crippen LogP contribution in [0.5, 0.6) is 5.75 Å². The quantitative estimate of drug-likeness (QED) is 0.216. The minimum absolute atomic E-state index is 0. The second kappa shape index (κ2) is 9.21. The van der Waals surface area contributed by atoms with Crippen LogP contribution < -0.4 is 5.11 Å². The van der Waals surface area contributed by atoms with Crippen molar-refractivity contribution in [1.29, 1.82) is 0 Å². The first-order valence-corrected chi connectivity index (χ1v) is 11.5. The average molecular weight is 594 g/mol. The molecule has 0 spiro atoms. The summed E-state index contributed by atoms with van der Waals surface area (Å²) >= 11 is 0. The van der Waals surface area contributed by atoms with Gasteiger partial charge in [-0.05, 0) is 29.0 Å². The van der Waals surface area contributed by atoms with E-state index in [-0.39, 0.29) is 65.6 Å². The first kappa shape index (κ1) is 24.8. The molecule has 9 nitrogen and oxygen atoms in total. The number of nitrogens with zero attached hydrogens (tertiary/aromatic N) is 2. The van der Waals surface area contributed by atoms with E-state index in [1.807, 2.05) is 0 Å². The van der Waals surface area contributed by atoms with E-state index in [1.54, 1.807) is 30.3 Å². The van der Waals surface area contributed by atoms with Gasteiger partial charge < -0.3 is 9.66 Å². The minimum Gasteiger partial charge on any atom is -0.871 e. The molecule has 32 heavy (non-hydrogen) atoms. The molecule has 0 unspecified atom stereocenters. The smallest absolute Gasteiger partial charge is 0.871 e. The van der Waals surface area contributed by atoms with Crippen LogP contribution in [-0.4, -0.2) is 74.8 Å². The molecule has 0 saturated heterocycles. The van der Waals surface area contributed by atoms with Crippen molar-refractivity contribution in [3.63, 3.8) is 0 Å². The average Bonchev–Trinajstić information content (AvgIpc) is 2.70. The monoisotopic (exact) mass is 594 g/mol. The van der Waals surface area contributed by atoms with Crippen LogP contribution in [0.4, 0.5) is 11.4 Å². The molecule has 0 atom stereocenters. The van der Waals surface area contributed by atoms with E-state index in [0.717, 1.165) is 17.5 Å². The largest absolute Gasteiger partial charge is 2.00 e. The molecule has 0 radical (unpaired) electrons. The Morgan fingerprint density at radius 3 is 2.16 bits per heavy atom. The molecule has 0 fully saturated rings. The summed E-state index contributed by atoms with van der Waals surface area (Å²) in [5, 5.41) is 21.0. The van der Waals surface area contributed by atoms with Crippen LogP contribution in [0, 0.1) is 0 Å². The number of fused-ring (bicyclic) bond motifs is 2. The fourth-order valence-electron chi connectivity index (χ4n) is 3.26. The van der Waals surface area contributed by atoms with Gasteiger partial charge in [0, 0.05) is 10.8 Å².